The predicted octanol–water partition coefficient (Wildman–Crippen LogP) is 2.75. The third-order valence-corrected chi connectivity index (χ3v) is 3.73. The molecule has 1 rings (SSSR count). The summed E-state index contributed by atoms with van der Waals surface area (Å²) in [5.74, 6) is -0.587. The molecule has 0 radical (unpaired) electrons. The van der Waals surface area contributed by atoms with E-state index < -0.39 is 11.4 Å². The second-order valence-corrected chi connectivity index (χ2v) is 5.24. The molecule has 0 spiro atoms. The molecule has 0 aromatic rings. The second-order valence-electron chi connectivity index (χ2n) is 5.24. The Balaban J connectivity index is 2.53. The molecule has 1 fully saturated rings. The molecule has 0 heterocycles. The molecule has 94 valence electrons. The fourth-order valence-electron chi connectivity index (χ4n) is 2.69. The van der Waals surface area contributed by atoms with Crippen molar-refractivity contribution in [2.45, 2.75) is 51.9 Å². The lowest BCUT2D eigenvalue weighted by Gasteiger charge is -2.36. The first-order valence-electron chi connectivity index (χ1n) is 6.53. The van der Waals surface area contributed by atoms with Crippen molar-refractivity contribution in [3.05, 3.63) is 0 Å². The highest BCUT2D eigenvalue weighted by molar-refractivity contribution is 5.75. The topological polar surface area (TPSA) is 40.5 Å². The Morgan fingerprint density at radius 1 is 1.31 bits per heavy atom. The largest absolute Gasteiger partial charge is 0.481 e. The molecule has 0 aromatic carbocycles. The van der Waals surface area contributed by atoms with Gasteiger partial charge in [-0.25, -0.2) is 0 Å². The Bertz CT molecular complexity index is 222. The zero-order valence-electron chi connectivity index (χ0n) is 10.7. The lowest BCUT2D eigenvalue weighted by atomic mass is 9.73. The molecule has 0 amide bonds. The fraction of sp³-hybridized carbons (Fsp3) is 0.923. The number of carboxylic acids is 1. The number of hydrogen-bond donors (Lipinski definition) is 1. The molecular weight excluding hydrogens is 202 g/mol. The average Bonchev–Trinajstić information content (AvgIpc) is 2.27. The van der Waals surface area contributed by atoms with E-state index >= 15 is 0 Å². The molecule has 1 saturated carbocycles. The smallest absolute Gasteiger partial charge is 0.310 e. The predicted molar refractivity (Wildman–Crippen MR) is 65.6 cm³/mol. The summed E-state index contributed by atoms with van der Waals surface area (Å²) in [6.07, 6.45) is 7.41. The lowest BCUT2D eigenvalue weighted by Crippen LogP contribution is -2.43. The van der Waals surface area contributed by atoms with Gasteiger partial charge in [-0.1, -0.05) is 32.6 Å². The van der Waals surface area contributed by atoms with Crippen molar-refractivity contribution in [2.24, 2.45) is 5.41 Å². The number of aliphatic carboxylic acids is 1. The zero-order chi connectivity index (χ0) is 12.0. The number of hydrogen-bond acceptors (Lipinski definition) is 2. The molecule has 0 saturated heterocycles. The first kappa shape index (κ1) is 13.5. The number of carboxylic acid groups (broad SMARTS) is 1. The first-order valence-corrected chi connectivity index (χ1v) is 6.53. The molecule has 3 nitrogen and oxygen atoms in total. The minimum Gasteiger partial charge on any atom is -0.481 e. The third kappa shape index (κ3) is 3.48. The van der Waals surface area contributed by atoms with Crippen molar-refractivity contribution in [3.63, 3.8) is 0 Å². The second kappa shape index (κ2) is 6.24. The monoisotopic (exact) mass is 227 g/mol. The number of carbonyl (C=O) groups is 1. The van der Waals surface area contributed by atoms with Crippen LogP contribution in [0.2, 0.25) is 0 Å². The van der Waals surface area contributed by atoms with Gasteiger partial charge in [0.15, 0.2) is 0 Å². The van der Waals surface area contributed by atoms with E-state index in [1.54, 1.807) is 0 Å². The van der Waals surface area contributed by atoms with Gasteiger partial charge in [-0.15, -0.1) is 0 Å². The van der Waals surface area contributed by atoms with Crippen LogP contribution in [0.15, 0.2) is 0 Å². The van der Waals surface area contributed by atoms with Gasteiger partial charge in [0.2, 0.25) is 0 Å². The van der Waals surface area contributed by atoms with E-state index in [0.717, 1.165) is 45.2 Å². The van der Waals surface area contributed by atoms with E-state index in [1.807, 2.05) is 0 Å². The lowest BCUT2D eigenvalue weighted by molar-refractivity contribution is -0.152. The van der Waals surface area contributed by atoms with Gasteiger partial charge in [0.1, 0.15) is 0 Å². The molecule has 0 atom stereocenters. The maximum Gasteiger partial charge on any atom is 0.310 e. The van der Waals surface area contributed by atoms with Gasteiger partial charge in [0.05, 0.1) is 5.41 Å². The van der Waals surface area contributed by atoms with Crippen LogP contribution in [0.3, 0.4) is 0 Å². The van der Waals surface area contributed by atoms with Crippen molar-refractivity contribution >= 4 is 5.97 Å². The van der Waals surface area contributed by atoms with Crippen LogP contribution in [0.1, 0.15) is 51.9 Å². The summed E-state index contributed by atoms with van der Waals surface area (Å²) in [6.45, 7) is 3.91. The van der Waals surface area contributed by atoms with E-state index in [0.29, 0.717) is 0 Å². The summed E-state index contributed by atoms with van der Waals surface area (Å²) in [5.41, 5.74) is -0.458. The van der Waals surface area contributed by atoms with Crippen LogP contribution in [0.5, 0.6) is 0 Å². The van der Waals surface area contributed by atoms with Gasteiger partial charge >= 0.3 is 5.97 Å². The van der Waals surface area contributed by atoms with Crippen LogP contribution < -0.4 is 0 Å². The number of unbranched alkanes of at least 4 members (excludes halogenated alkanes) is 1. The normalized spacial score (nSPS) is 19.9. The third-order valence-electron chi connectivity index (χ3n) is 3.73. The van der Waals surface area contributed by atoms with E-state index in [2.05, 4.69) is 18.9 Å². The van der Waals surface area contributed by atoms with Crippen molar-refractivity contribution in [3.8, 4) is 0 Å². The quantitative estimate of drug-likeness (QED) is 0.758. The van der Waals surface area contributed by atoms with Gasteiger partial charge in [-0.2, -0.15) is 0 Å². The standard InChI is InChI=1S/C13H25NO2/c1-3-4-10-14(2)11-13(12(15)16)8-6-5-7-9-13/h3-11H2,1-2H3,(H,15,16). The molecule has 1 N–H and O–H groups in total. The summed E-state index contributed by atoms with van der Waals surface area (Å²) < 4.78 is 0. The summed E-state index contributed by atoms with van der Waals surface area (Å²) >= 11 is 0. The summed E-state index contributed by atoms with van der Waals surface area (Å²) in [6, 6.07) is 0. The molecular formula is C13H25NO2. The molecule has 1 aliphatic carbocycles. The number of rotatable bonds is 6. The van der Waals surface area contributed by atoms with Gasteiger partial charge in [-0.3, -0.25) is 4.79 Å². The Morgan fingerprint density at radius 2 is 1.94 bits per heavy atom. The van der Waals surface area contributed by atoms with Crippen LogP contribution in [0.25, 0.3) is 0 Å². The summed E-state index contributed by atoms with van der Waals surface area (Å²) in [7, 11) is 2.05. The highest BCUT2D eigenvalue weighted by Crippen LogP contribution is 2.37. The zero-order valence-corrected chi connectivity index (χ0v) is 10.7. The molecule has 16 heavy (non-hydrogen) atoms. The Kier molecular flexibility index (Phi) is 5.26. The number of nitrogens with zero attached hydrogens (tertiary/aromatic N) is 1. The molecule has 1 aliphatic rings. The fourth-order valence-corrected chi connectivity index (χ4v) is 2.69. The van der Waals surface area contributed by atoms with Gasteiger partial charge < -0.3 is 10.0 Å². The van der Waals surface area contributed by atoms with Gasteiger partial charge in [0.25, 0.3) is 0 Å². The van der Waals surface area contributed by atoms with Crippen LogP contribution in [-0.2, 0) is 4.79 Å². The van der Waals surface area contributed by atoms with Crippen LogP contribution in [0.4, 0.5) is 0 Å². The van der Waals surface area contributed by atoms with Crippen molar-refractivity contribution in [1.82, 2.24) is 4.90 Å². The van der Waals surface area contributed by atoms with E-state index in [-0.39, 0.29) is 0 Å². The van der Waals surface area contributed by atoms with E-state index in [4.69, 9.17) is 0 Å². The maximum atomic E-state index is 11.5. The minimum absolute atomic E-state index is 0.458. The van der Waals surface area contributed by atoms with Crippen LogP contribution in [-0.4, -0.2) is 36.1 Å². The summed E-state index contributed by atoms with van der Waals surface area (Å²) in [5, 5.41) is 9.44. The SMILES string of the molecule is CCCCN(C)CC1(C(=O)O)CCCCC1. The van der Waals surface area contributed by atoms with Crippen LogP contribution >= 0.6 is 0 Å². The Labute approximate surface area is 98.8 Å². The molecule has 3 heteroatoms. The average molecular weight is 227 g/mol. The first-order chi connectivity index (χ1) is 7.60. The highest BCUT2D eigenvalue weighted by atomic mass is 16.4. The molecule has 0 bridgehead atoms. The minimum atomic E-state index is -0.587. The van der Waals surface area contributed by atoms with Crippen LogP contribution in [0, 0.1) is 5.41 Å². The van der Waals surface area contributed by atoms with Gasteiger partial charge in [0, 0.05) is 6.54 Å². The van der Waals surface area contributed by atoms with Crippen molar-refractivity contribution in [2.75, 3.05) is 20.1 Å². The molecule has 0 unspecified atom stereocenters. The maximum absolute atomic E-state index is 11.5. The van der Waals surface area contributed by atoms with Crippen molar-refractivity contribution < 1.29 is 9.90 Å². The Hall–Kier alpha value is -0.570. The van der Waals surface area contributed by atoms with E-state index in [1.165, 1.54) is 12.8 Å². The van der Waals surface area contributed by atoms with E-state index in [9.17, 15) is 9.90 Å². The Morgan fingerprint density at radius 3 is 2.44 bits per heavy atom. The highest BCUT2D eigenvalue weighted by Gasteiger charge is 2.40. The molecule has 0 aromatic heterocycles. The van der Waals surface area contributed by atoms with Gasteiger partial charge in [-0.05, 0) is 32.9 Å². The summed E-state index contributed by atoms with van der Waals surface area (Å²) in [4.78, 5) is 13.7. The molecule has 0 aliphatic heterocycles. The van der Waals surface area contributed by atoms with Crippen molar-refractivity contribution in [1.29, 1.82) is 0 Å².